The predicted molar refractivity (Wildman–Crippen MR) is 89.4 cm³/mol. The van der Waals surface area contributed by atoms with E-state index < -0.39 is 6.09 Å². The van der Waals surface area contributed by atoms with E-state index in [0.29, 0.717) is 13.2 Å². The molecule has 7 nitrogen and oxygen atoms in total. The van der Waals surface area contributed by atoms with Gasteiger partial charge in [0.15, 0.2) is 0 Å². The lowest BCUT2D eigenvalue weighted by Crippen LogP contribution is -2.41. The number of cyclic esters (lactones) is 1. The molecule has 2 aliphatic rings. The zero-order valence-corrected chi connectivity index (χ0v) is 13.9. The predicted octanol–water partition coefficient (Wildman–Crippen LogP) is 1.57. The fourth-order valence-electron chi connectivity index (χ4n) is 2.72. The molecule has 1 unspecified atom stereocenters. The van der Waals surface area contributed by atoms with E-state index in [1.54, 1.807) is 6.21 Å². The standard InChI is InChI=1S/C17H23N3O4/c1-2-23-15-5-3-14(4-6-15)11-18-20-13-16(24-17(20)21)12-19-7-9-22-10-8-19/h3-6,11,16H,2,7-10,12-13H2,1H3/b18-11+. The van der Waals surface area contributed by atoms with Gasteiger partial charge >= 0.3 is 6.09 Å². The van der Waals surface area contributed by atoms with Gasteiger partial charge in [0.1, 0.15) is 11.9 Å². The van der Waals surface area contributed by atoms with Gasteiger partial charge in [-0.25, -0.2) is 4.79 Å². The van der Waals surface area contributed by atoms with E-state index >= 15 is 0 Å². The van der Waals surface area contributed by atoms with Crippen LogP contribution in [0.2, 0.25) is 0 Å². The molecule has 2 heterocycles. The van der Waals surface area contributed by atoms with Crippen LogP contribution in [-0.2, 0) is 9.47 Å². The molecule has 0 aliphatic carbocycles. The van der Waals surface area contributed by atoms with Gasteiger partial charge in [-0.3, -0.25) is 4.90 Å². The summed E-state index contributed by atoms with van der Waals surface area (Å²) in [6, 6.07) is 7.57. The number of rotatable bonds is 6. The highest BCUT2D eigenvalue weighted by Crippen LogP contribution is 2.15. The van der Waals surface area contributed by atoms with Crippen LogP contribution in [0.5, 0.6) is 5.75 Å². The minimum Gasteiger partial charge on any atom is -0.494 e. The van der Waals surface area contributed by atoms with Crippen LogP contribution >= 0.6 is 0 Å². The van der Waals surface area contributed by atoms with Gasteiger partial charge in [0.25, 0.3) is 0 Å². The van der Waals surface area contributed by atoms with Crippen molar-refractivity contribution in [1.29, 1.82) is 0 Å². The molecule has 2 aliphatic heterocycles. The first-order valence-corrected chi connectivity index (χ1v) is 8.29. The monoisotopic (exact) mass is 333 g/mol. The molecule has 130 valence electrons. The van der Waals surface area contributed by atoms with Crippen LogP contribution < -0.4 is 4.74 Å². The number of benzene rings is 1. The molecule has 1 aromatic carbocycles. The Kier molecular flexibility index (Phi) is 5.66. The lowest BCUT2D eigenvalue weighted by Gasteiger charge is -2.27. The summed E-state index contributed by atoms with van der Waals surface area (Å²) in [5, 5.41) is 5.62. The largest absolute Gasteiger partial charge is 0.494 e. The van der Waals surface area contributed by atoms with E-state index in [1.807, 2.05) is 31.2 Å². The van der Waals surface area contributed by atoms with Crippen molar-refractivity contribution >= 4 is 12.3 Å². The first-order valence-electron chi connectivity index (χ1n) is 8.29. The summed E-state index contributed by atoms with van der Waals surface area (Å²) in [7, 11) is 0. The molecule has 0 aromatic heterocycles. The van der Waals surface area contributed by atoms with Crippen LogP contribution in [0, 0.1) is 0 Å². The van der Waals surface area contributed by atoms with E-state index in [1.165, 1.54) is 5.01 Å². The third-order valence-corrected chi connectivity index (χ3v) is 3.96. The summed E-state index contributed by atoms with van der Waals surface area (Å²) < 4.78 is 16.1. The molecule has 3 rings (SSSR count). The van der Waals surface area contributed by atoms with Crippen LogP contribution in [-0.4, -0.2) is 74.3 Å². The molecule has 0 N–H and O–H groups in total. The number of nitrogens with zero attached hydrogens (tertiary/aromatic N) is 3. The van der Waals surface area contributed by atoms with Gasteiger partial charge in [-0.15, -0.1) is 0 Å². The van der Waals surface area contributed by atoms with Crippen LogP contribution in [0.4, 0.5) is 4.79 Å². The van der Waals surface area contributed by atoms with Crippen LogP contribution in [0.3, 0.4) is 0 Å². The summed E-state index contributed by atoms with van der Waals surface area (Å²) in [4.78, 5) is 14.2. The van der Waals surface area contributed by atoms with Gasteiger partial charge in [0, 0.05) is 19.6 Å². The maximum atomic E-state index is 11.9. The first-order chi connectivity index (χ1) is 11.7. The molecule has 0 saturated carbocycles. The Morgan fingerprint density at radius 3 is 2.75 bits per heavy atom. The van der Waals surface area contributed by atoms with Crippen molar-refractivity contribution < 1.29 is 19.0 Å². The summed E-state index contributed by atoms with van der Waals surface area (Å²) in [6.45, 7) is 7.01. The number of carbonyl (C=O) groups excluding carboxylic acids is 1. The molecule has 7 heteroatoms. The molecule has 1 amide bonds. The van der Waals surface area contributed by atoms with Crippen molar-refractivity contribution in [2.75, 3.05) is 46.0 Å². The highest BCUT2D eigenvalue weighted by Gasteiger charge is 2.32. The second-order valence-electron chi connectivity index (χ2n) is 5.75. The Morgan fingerprint density at radius 1 is 1.29 bits per heavy atom. The number of carbonyl (C=O) groups is 1. The Bertz CT molecular complexity index is 570. The van der Waals surface area contributed by atoms with Gasteiger partial charge in [-0.1, -0.05) is 0 Å². The molecule has 24 heavy (non-hydrogen) atoms. The molecule has 0 radical (unpaired) electrons. The van der Waals surface area contributed by atoms with Crippen LogP contribution in [0.25, 0.3) is 0 Å². The van der Waals surface area contributed by atoms with Gasteiger partial charge < -0.3 is 14.2 Å². The molecular formula is C17H23N3O4. The number of hydrogen-bond acceptors (Lipinski definition) is 6. The maximum Gasteiger partial charge on any atom is 0.430 e. The van der Waals surface area contributed by atoms with E-state index in [-0.39, 0.29) is 6.10 Å². The molecule has 2 saturated heterocycles. The van der Waals surface area contributed by atoms with Crippen molar-refractivity contribution in [3.05, 3.63) is 29.8 Å². The van der Waals surface area contributed by atoms with Crippen molar-refractivity contribution in [2.24, 2.45) is 5.10 Å². The molecule has 1 aromatic rings. The van der Waals surface area contributed by atoms with Gasteiger partial charge in [0.2, 0.25) is 0 Å². The second-order valence-corrected chi connectivity index (χ2v) is 5.75. The molecule has 0 bridgehead atoms. The normalized spacial score (nSPS) is 22.1. The number of morpholine rings is 1. The number of amides is 1. The average molecular weight is 333 g/mol. The SMILES string of the molecule is CCOc1ccc(/C=N/N2CC(CN3CCOCC3)OC2=O)cc1. The first kappa shape index (κ1) is 16.7. The Hall–Kier alpha value is -2.12. The van der Waals surface area contributed by atoms with Crippen molar-refractivity contribution in [2.45, 2.75) is 13.0 Å². The van der Waals surface area contributed by atoms with Gasteiger partial charge in [-0.2, -0.15) is 10.1 Å². The molecule has 0 spiro atoms. The Labute approximate surface area is 141 Å². The second kappa shape index (κ2) is 8.12. The smallest absolute Gasteiger partial charge is 0.430 e. The molecular weight excluding hydrogens is 310 g/mol. The van der Waals surface area contributed by atoms with E-state index in [9.17, 15) is 4.79 Å². The minimum absolute atomic E-state index is 0.145. The topological polar surface area (TPSA) is 63.6 Å². The van der Waals surface area contributed by atoms with Crippen LogP contribution in [0.15, 0.2) is 29.4 Å². The van der Waals surface area contributed by atoms with Crippen molar-refractivity contribution in [3.63, 3.8) is 0 Å². The summed E-state index contributed by atoms with van der Waals surface area (Å²) in [5.41, 5.74) is 0.905. The number of hydrazone groups is 1. The molecule has 2 fully saturated rings. The van der Waals surface area contributed by atoms with E-state index in [4.69, 9.17) is 14.2 Å². The third-order valence-electron chi connectivity index (χ3n) is 3.96. The quantitative estimate of drug-likeness (QED) is 0.740. The van der Waals surface area contributed by atoms with Crippen LogP contribution in [0.1, 0.15) is 12.5 Å². The zero-order chi connectivity index (χ0) is 16.8. The summed E-state index contributed by atoms with van der Waals surface area (Å²) in [6.07, 6.45) is 1.12. The van der Waals surface area contributed by atoms with Gasteiger partial charge in [0.05, 0.1) is 32.6 Å². The van der Waals surface area contributed by atoms with Gasteiger partial charge in [-0.05, 0) is 36.8 Å². The summed E-state index contributed by atoms with van der Waals surface area (Å²) >= 11 is 0. The average Bonchev–Trinajstić information content (AvgIpc) is 2.95. The lowest BCUT2D eigenvalue weighted by molar-refractivity contribution is 0.0188. The zero-order valence-electron chi connectivity index (χ0n) is 13.9. The fraction of sp³-hybridized carbons (Fsp3) is 0.529. The lowest BCUT2D eigenvalue weighted by atomic mass is 10.2. The number of ether oxygens (including phenoxy) is 3. The Morgan fingerprint density at radius 2 is 2.04 bits per heavy atom. The highest BCUT2D eigenvalue weighted by atomic mass is 16.6. The molecule has 1 atom stereocenters. The van der Waals surface area contributed by atoms with E-state index in [0.717, 1.165) is 44.2 Å². The van der Waals surface area contributed by atoms with Crippen molar-refractivity contribution in [1.82, 2.24) is 9.91 Å². The third kappa shape index (κ3) is 4.46. The Balaban J connectivity index is 1.52. The summed E-state index contributed by atoms with van der Waals surface area (Å²) in [5.74, 6) is 0.820. The van der Waals surface area contributed by atoms with Crippen molar-refractivity contribution in [3.8, 4) is 5.75 Å². The highest BCUT2D eigenvalue weighted by molar-refractivity contribution is 5.81. The fourth-order valence-corrected chi connectivity index (χ4v) is 2.72. The minimum atomic E-state index is -0.393. The number of hydrogen-bond donors (Lipinski definition) is 0. The van der Waals surface area contributed by atoms with E-state index in [2.05, 4.69) is 10.0 Å². The maximum absolute atomic E-state index is 11.9.